The van der Waals surface area contributed by atoms with Gasteiger partial charge in [0.2, 0.25) is 0 Å². The molecule has 31 heavy (non-hydrogen) atoms. The van der Waals surface area contributed by atoms with Crippen molar-refractivity contribution < 1.29 is 14.6 Å². The normalized spacial score (nSPS) is 43.4. The van der Waals surface area contributed by atoms with E-state index in [2.05, 4.69) is 41.5 Å². The second-order valence-electron chi connectivity index (χ2n) is 12.4. The van der Waals surface area contributed by atoms with E-state index in [0.29, 0.717) is 12.3 Å². The summed E-state index contributed by atoms with van der Waals surface area (Å²) in [6, 6.07) is 0. The van der Waals surface area contributed by atoms with Gasteiger partial charge < -0.3 is 9.84 Å². The van der Waals surface area contributed by atoms with Crippen LogP contribution in [0.15, 0.2) is 11.3 Å². The van der Waals surface area contributed by atoms with Crippen molar-refractivity contribution in [3.05, 3.63) is 11.3 Å². The van der Waals surface area contributed by atoms with Gasteiger partial charge in [-0.15, -0.1) is 0 Å². The molecule has 7 atom stereocenters. The van der Waals surface area contributed by atoms with Crippen LogP contribution in [-0.4, -0.2) is 17.2 Å². The molecule has 1 N–H and O–H groups in total. The number of hydrogen-bond acceptors (Lipinski definition) is 3. The Labute approximate surface area is 190 Å². The van der Waals surface area contributed by atoms with Crippen LogP contribution < -0.4 is 0 Å². The molecule has 0 aromatic carbocycles. The number of aliphatic hydroxyl groups excluding tert-OH is 1. The Morgan fingerprint density at radius 2 is 1.84 bits per heavy atom. The average molecular weight is 431 g/mol. The fourth-order valence-electron chi connectivity index (χ4n) is 8.50. The third-order valence-electron chi connectivity index (χ3n) is 10.5. The highest BCUT2D eigenvalue weighted by molar-refractivity contribution is 5.82. The summed E-state index contributed by atoms with van der Waals surface area (Å²) in [5.74, 6) is 3.68. The Morgan fingerprint density at radius 1 is 1.10 bits per heavy atom. The van der Waals surface area contributed by atoms with Crippen LogP contribution in [0.25, 0.3) is 0 Å². The Hall–Kier alpha value is -0.830. The van der Waals surface area contributed by atoms with E-state index in [-0.39, 0.29) is 22.9 Å². The minimum atomic E-state index is -0.542. The highest BCUT2D eigenvalue weighted by Crippen LogP contribution is 2.68. The summed E-state index contributed by atoms with van der Waals surface area (Å²) in [5.41, 5.74) is 1.01. The lowest BCUT2D eigenvalue weighted by atomic mass is 9.48. The van der Waals surface area contributed by atoms with Crippen molar-refractivity contribution in [1.82, 2.24) is 0 Å². The monoisotopic (exact) mass is 430 g/mol. The second-order valence-corrected chi connectivity index (χ2v) is 12.4. The van der Waals surface area contributed by atoms with Gasteiger partial charge in [-0.05, 0) is 80.1 Å². The van der Waals surface area contributed by atoms with E-state index in [0.717, 1.165) is 49.2 Å². The molecular formula is C28H46O3. The zero-order valence-corrected chi connectivity index (χ0v) is 20.9. The number of rotatable bonds is 6. The Balaban J connectivity index is 1.62. The Bertz CT molecular complexity index is 739. The average Bonchev–Trinajstić information content (AvgIpc) is 3.06. The number of esters is 1. The summed E-state index contributed by atoms with van der Waals surface area (Å²) in [6.45, 7) is 14.1. The summed E-state index contributed by atoms with van der Waals surface area (Å²) in [5, 5.41) is 10.4. The molecule has 0 amide bonds. The van der Waals surface area contributed by atoms with Crippen molar-refractivity contribution in [3.63, 3.8) is 0 Å². The number of ether oxygens (including phenoxy) is 1. The molecule has 0 aromatic heterocycles. The SMILES string of the molecule is CC[C@@]12C[C@@H](O)CC[C@]1(C)C1=C(OC2=O)[C@@H]2CC[C@H]([C@H](C)CCCC(C)C)[C@@]2(C)CC1. The van der Waals surface area contributed by atoms with Crippen molar-refractivity contribution in [3.8, 4) is 0 Å². The molecule has 3 aliphatic carbocycles. The van der Waals surface area contributed by atoms with Gasteiger partial charge in [-0.3, -0.25) is 4.79 Å². The molecule has 2 fully saturated rings. The van der Waals surface area contributed by atoms with Gasteiger partial charge in [-0.25, -0.2) is 0 Å². The van der Waals surface area contributed by atoms with Crippen molar-refractivity contribution in [2.45, 2.75) is 118 Å². The van der Waals surface area contributed by atoms with Gasteiger partial charge in [0.05, 0.1) is 11.5 Å². The minimum Gasteiger partial charge on any atom is -0.430 e. The molecule has 0 unspecified atom stereocenters. The molecule has 3 nitrogen and oxygen atoms in total. The zero-order chi connectivity index (χ0) is 22.6. The molecular weight excluding hydrogens is 384 g/mol. The molecule has 0 radical (unpaired) electrons. The van der Waals surface area contributed by atoms with Gasteiger partial charge in [0.1, 0.15) is 5.76 Å². The first-order valence-electron chi connectivity index (χ1n) is 13.2. The van der Waals surface area contributed by atoms with E-state index in [1.165, 1.54) is 44.1 Å². The first-order chi connectivity index (χ1) is 14.6. The number of hydrogen-bond donors (Lipinski definition) is 1. The van der Waals surface area contributed by atoms with E-state index in [9.17, 15) is 9.90 Å². The summed E-state index contributed by atoms with van der Waals surface area (Å²) in [6.07, 6.45) is 11.4. The maximum Gasteiger partial charge on any atom is 0.318 e. The summed E-state index contributed by atoms with van der Waals surface area (Å²) in [4.78, 5) is 13.5. The van der Waals surface area contributed by atoms with Crippen LogP contribution >= 0.6 is 0 Å². The standard InChI is InChI=1S/C28H46O3/c1-7-28-17-20(29)13-16-27(28,6)23-14-15-26(5)21(19(4)10-8-9-18(2)3)11-12-22(26)24(23)31-25(28)30/h18-22,29H,7-17H2,1-6H3/t19-,20+,21-,22+,26-,27-,28+/m1/s1. The molecule has 0 bridgehead atoms. The fraction of sp³-hybridized carbons (Fsp3) is 0.893. The van der Waals surface area contributed by atoms with Gasteiger partial charge in [0, 0.05) is 11.3 Å². The van der Waals surface area contributed by atoms with Crippen molar-refractivity contribution in [2.75, 3.05) is 0 Å². The maximum absolute atomic E-state index is 13.5. The van der Waals surface area contributed by atoms with Crippen LogP contribution in [-0.2, 0) is 9.53 Å². The van der Waals surface area contributed by atoms with Crippen LogP contribution in [0.5, 0.6) is 0 Å². The molecule has 1 aliphatic heterocycles. The number of carbonyl (C=O) groups is 1. The second kappa shape index (κ2) is 8.19. The highest BCUT2D eigenvalue weighted by Gasteiger charge is 2.65. The van der Waals surface area contributed by atoms with E-state index in [1.807, 2.05) is 0 Å². The summed E-state index contributed by atoms with van der Waals surface area (Å²) in [7, 11) is 0. The number of fused-ring (bicyclic) bond motifs is 4. The van der Waals surface area contributed by atoms with Gasteiger partial charge in [-0.2, -0.15) is 0 Å². The number of carbonyl (C=O) groups excluding carboxylic acids is 1. The van der Waals surface area contributed by atoms with Crippen LogP contribution in [0.3, 0.4) is 0 Å². The fourth-order valence-corrected chi connectivity index (χ4v) is 8.50. The Kier molecular flexibility index (Phi) is 6.16. The molecule has 4 rings (SSSR count). The summed E-state index contributed by atoms with van der Waals surface area (Å²) < 4.78 is 6.32. The van der Waals surface area contributed by atoms with E-state index in [1.54, 1.807) is 0 Å². The third kappa shape index (κ3) is 3.44. The smallest absolute Gasteiger partial charge is 0.318 e. The predicted molar refractivity (Wildman–Crippen MR) is 125 cm³/mol. The lowest BCUT2D eigenvalue weighted by Crippen LogP contribution is -2.57. The van der Waals surface area contributed by atoms with Crippen LogP contribution in [0.4, 0.5) is 0 Å². The highest BCUT2D eigenvalue weighted by atomic mass is 16.5. The quantitative estimate of drug-likeness (QED) is 0.460. The molecule has 1 heterocycles. The van der Waals surface area contributed by atoms with Gasteiger partial charge in [0.15, 0.2) is 0 Å². The van der Waals surface area contributed by atoms with E-state index >= 15 is 0 Å². The van der Waals surface area contributed by atoms with Crippen LogP contribution in [0.1, 0.15) is 112 Å². The molecule has 3 heteroatoms. The first kappa shape index (κ1) is 23.3. The zero-order valence-electron chi connectivity index (χ0n) is 20.9. The Morgan fingerprint density at radius 3 is 2.52 bits per heavy atom. The van der Waals surface area contributed by atoms with E-state index < -0.39 is 5.41 Å². The molecule has 2 saturated carbocycles. The predicted octanol–water partition coefficient (Wildman–Crippen LogP) is 7.03. The largest absolute Gasteiger partial charge is 0.430 e. The lowest BCUT2D eigenvalue weighted by molar-refractivity contribution is -0.177. The van der Waals surface area contributed by atoms with Crippen molar-refractivity contribution in [2.24, 2.45) is 39.9 Å². The van der Waals surface area contributed by atoms with Crippen LogP contribution in [0, 0.1) is 39.9 Å². The molecule has 0 saturated heterocycles. The molecule has 0 spiro atoms. The minimum absolute atomic E-state index is 0.0484. The first-order valence-corrected chi connectivity index (χ1v) is 13.2. The third-order valence-corrected chi connectivity index (χ3v) is 10.5. The van der Waals surface area contributed by atoms with Gasteiger partial charge in [0.25, 0.3) is 0 Å². The number of allylic oxidation sites excluding steroid dienone is 2. The topological polar surface area (TPSA) is 46.5 Å². The lowest BCUT2D eigenvalue weighted by Gasteiger charge is -2.58. The molecule has 4 aliphatic rings. The number of aliphatic hydroxyl groups is 1. The van der Waals surface area contributed by atoms with Crippen molar-refractivity contribution >= 4 is 5.97 Å². The molecule has 176 valence electrons. The summed E-state index contributed by atoms with van der Waals surface area (Å²) >= 11 is 0. The van der Waals surface area contributed by atoms with Gasteiger partial charge >= 0.3 is 5.97 Å². The van der Waals surface area contributed by atoms with Crippen molar-refractivity contribution in [1.29, 1.82) is 0 Å². The van der Waals surface area contributed by atoms with E-state index in [4.69, 9.17) is 4.74 Å². The van der Waals surface area contributed by atoms with Crippen LogP contribution in [0.2, 0.25) is 0 Å². The van der Waals surface area contributed by atoms with Gasteiger partial charge in [-0.1, -0.05) is 60.8 Å². The molecule has 0 aromatic rings. The maximum atomic E-state index is 13.5.